The largest absolute Gasteiger partial charge is 0.496 e. The lowest BCUT2D eigenvalue weighted by molar-refractivity contribution is 0.100. The van der Waals surface area contributed by atoms with Crippen LogP contribution in [0.5, 0.6) is 5.75 Å². The fraction of sp³-hybridized carbons (Fsp3) is 0.154. The van der Waals surface area contributed by atoms with Crippen LogP contribution < -0.4 is 21.5 Å². The van der Waals surface area contributed by atoms with Gasteiger partial charge in [-0.15, -0.1) is 11.3 Å². The van der Waals surface area contributed by atoms with Crippen LogP contribution in [0.15, 0.2) is 30.3 Å². The number of nitrogens with two attached hydrogens (primary N) is 2. The van der Waals surface area contributed by atoms with E-state index in [4.69, 9.17) is 16.2 Å². The minimum Gasteiger partial charge on any atom is -0.496 e. The summed E-state index contributed by atoms with van der Waals surface area (Å²) in [5, 5.41) is 4.01. The Hall–Kier alpha value is -2.21. The van der Waals surface area contributed by atoms with Crippen LogP contribution in [0.4, 0.5) is 10.7 Å². The molecule has 0 bridgehead atoms. The summed E-state index contributed by atoms with van der Waals surface area (Å²) >= 11 is 1.25. The number of anilines is 2. The molecule has 2 aromatic rings. The summed E-state index contributed by atoms with van der Waals surface area (Å²) in [6, 6.07) is 9.43. The molecule has 0 unspecified atom stereocenters. The number of ether oxygens (including phenoxy) is 1. The summed E-state index contributed by atoms with van der Waals surface area (Å²) in [6.07, 6.45) is 0. The highest BCUT2D eigenvalue weighted by Gasteiger charge is 2.11. The van der Waals surface area contributed by atoms with Gasteiger partial charge in [-0.3, -0.25) is 4.79 Å². The highest BCUT2D eigenvalue weighted by Crippen LogP contribution is 2.29. The van der Waals surface area contributed by atoms with Crippen LogP contribution >= 0.6 is 11.3 Å². The van der Waals surface area contributed by atoms with Crippen LogP contribution in [0.3, 0.4) is 0 Å². The molecule has 1 aromatic heterocycles. The van der Waals surface area contributed by atoms with Crippen LogP contribution in [0.25, 0.3) is 0 Å². The van der Waals surface area contributed by atoms with Crippen molar-refractivity contribution in [3.05, 3.63) is 40.8 Å². The summed E-state index contributed by atoms with van der Waals surface area (Å²) in [7, 11) is 1.63. The number of benzene rings is 1. The smallest absolute Gasteiger partial charge is 0.260 e. The second-order valence-electron chi connectivity index (χ2n) is 3.92. The fourth-order valence-corrected chi connectivity index (χ4v) is 2.54. The normalized spacial score (nSPS) is 10.2. The molecule has 5 nitrogen and oxygen atoms in total. The van der Waals surface area contributed by atoms with Crippen LogP contribution in [-0.2, 0) is 6.54 Å². The lowest BCUT2D eigenvalue weighted by atomic mass is 10.2. The van der Waals surface area contributed by atoms with E-state index in [0.717, 1.165) is 16.3 Å². The van der Waals surface area contributed by atoms with Crippen molar-refractivity contribution in [2.75, 3.05) is 18.2 Å². The van der Waals surface area contributed by atoms with Gasteiger partial charge in [0, 0.05) is 12.1 Å². The van der Waals surface area contributed by atoms with Gasteiger partial charge in [0.2, 0.25) is 0 Å². The molecule has 0 atom stereocenters. The number of rotatable bonds is 5. The quantitative estimate of drug-likeness (QED) is 0.780. The standard InChI is InChI=1S/C13H15N3O2S/c1-18-10-5-3-2-4-8(10)7-16-11-6-9(14)12(19-11)13(15)17/h2-6,16H,7,14H2,1H3,(H2,15,17). The summed E-state index contributed by atoms with van der Waals surface area (Å²) in [6.45, 7) is 0.585. The first-order valence-electron chi connectivity index (χ1n) is 5.66. The first-order valence-corrected chi connectivity index (χ1v) is 6.48. The van der Waals surface area contributed by atoms with E-state index in [0.29, 0.717) is 17.1 Å². The van der Waals surface area contributed by atoms with E-state index in [1.165, 1.54) is 11.3 Å². The van der Waals surface area contributed by atoms with Crippen molar-refractivity contribution in [1.82, 2.24) is 0 Å². The molecule has 0 aliphatic carbocycles. The minimum absolute atomic E-state index is 0.377. The van der Waals surface area contributed by atoms with E-state index < -0.39 is 5.91 Å². The third kappa shape index (κ3) is 2.97. The molecular formula is C13H15N3O2S. The van der Waals surface area contributed by atoms with Gasteiger partial charge in [-0.05, 0) is 12.1 Å². The Labute approximate surface area is 115 Å². The van der Waals surface area contributed by atoms with Crippen molar-refractivity contribution in [1.29, 1.82) is 0 Å². The molecule has 1 heterocycles. The molecule has 19 heavy (non-hydrogen) atoms. The number of carbonyl (C=O) groups is 1. The maximum atomic E-state index is 11.1. The van der Waals surface area contributed by atoms with Crippen molar-refractivity contribution in [3.8, 4) is 5.75 Å². The highest BCUT2D eigenvalue weighted by molar-refractivity contribution is 7.18. The zero-order chi connectivity index (χ0) is 13.8. The van der Waals surface area contributed by atoms with Crippen molar-refractivity contribution < 1.29 is 9.53 Å². The molecule has 2 rings (SSSR count). The Bertz CT molecular complexity index is 595. The number of nitrogens with one attached hydrogen (secondary N) is 1. The molecule has 1 amide bonds. The average Bonchev–Trinajstić information content (AvgIpc) is 2.78. The van der Waals surface area contributed by atoms with E-state index >= 15 is 0 Å². The first kappa shape index (κ1) is 13.2. The van der Waals surface area contributed by atoms with Crippen molar-refractivity contribution in [2.24, 2.45) is 5.73 Å². The minimum atomic E-state index is -0.507. The summed E-state index contributed by atoms with van der Waals surface area (Å²) in [4.78, 5) is 11.5. The number of amides is 1. The Morgan fingerprint density at radius 1 is 1.42 bits per heavy atom. The Morgan fingerprint density at radius 2 is 2.16 bits per heavy atom. The van der Waals surface area contributed by atoms with Crippen molar-refractivity contribution in [2.45, 2.75) is 6.54 Å². The maximum Gasteiger partial charge on any atom is 0.260 e. The molecule has 100 valence electrons. The van der Waals surface area contributed by atoms with Crippen LogP contribution in [0.1, 0.15) is 15.2 Å². The van der Waals surface area contributed by atoms with Gasteiger partial charge in [0.25, 0.3) is 5.91 Å². The Morgan fingerprint density at radius 3 is 2.79 bits per heavy atom. The number of carbonyl (C=O) groups excluding carboxylic acids is 1. The topological polar surface area (TPSA) is 90.4 Å². The van der Waals surface area contributed by atoms with E-state index in [1.807, 2.05) is 24.3 Å². The zero-order valence-corrected chi connectivity index (χ0v) is 11.3. The molecule has 0 spiro atoms. The second kappa shape index (κ2) is 5.62. The van der Waals surface area contributed by atoms with E-state index in [9.17, 15) is 4.79 Å². The van der Waals surface area contributed by atoms with Gasteiger partial charge in [-0.1, -0.05) is 18.2 Å². The predicted octanol–water partition coefficient (Wildman–Crippen LogP) is 2.05. The molecule has 0 saturated heterocycles. The lowest BCUT2D eigenvalue weighted by Gasteiger charge is -2.08. The maximum absolute atomic E-state index is 11.1. The molecule has 0 aliphatic rings. The van der Waals surface area contributed by atoms with E-state index in [-0.39, 0.29) is 0 Å². The van der Waals surface area contributed by atoms with Gasteiger partial charge in [-0.25, -0.2) is 0 Å². The summed E-state index contributed by atoms with van der Waals surface area (Å²) in [5.41, 5.74) is 12.4. The third-order valence-corrected chi connectivity index (χ3v) is 3.75. The van der Waals surface area contributed by atoms with Crippen molar-refractivity contribution >= 4 is 27.9 Å². The number of nitrogen functional groups attached to an aromatic ring is 1. The first-order chi connectivity index (χ1) is 9.11. The monoisotopic (exact) mass is 277 g/mol. The predicted molar refractivity (Wildman–Crippen MR) is 77.6 cm³/mol. The number of para-hydroxylation sites is 1. The molecule has 6 heteroatoms. The number of hydrogen-bond acceptors (Lipinski definition) is 5. The second-order valence-corrected chi connectivity index (χ2v) is 4.98. The van der Waals surface area contributed by atoms with Gasteiger partial charge in [0.15, 0.2) is 0 Å². The van der Waals surface area contributed by atoms with Gasteiger partial charge < -0.3 is 21.5 Å². The Balaban J connectivity index is 2.10. The van der Waals surface area contributed by atoms with E-state index in [2.05, 4.69) is 5.32 Å². The number of thiophene rings is 1. The molecule has 0 fully saturated rings. The van der Waals surface area contributed by atoms with Crippen molar-refractivity contribution in [3.63, 3.8) is 0 Å². The number of hydrogen-bond donors (Lipinski definition) is 3. The number of primary amides is 1. The van der Waals surface area contributed by atoms with Crippen LogP contribution in [0, 0.1) is 0 Å². The molecule has 0 saturated carbocycles. The molecule has 5 N–H and O–H groups in total. The third-order valence-electron chi connectivity index (χ3n) is 2.63. The van der Waals surface area contributed by atoms with E-state index in [1.54, 1.807) is 13.2 Å². The molecule has 1 aromatic carbocycles. The SMILES string of the molecule is COc1ccccc1CNc1cc(N)c(C(N)=O)s1. The average molecular weight is 277 g/mol. The fourth-order valence-electron chi connectivity index (χ4n) is 1.72. The Kier molecular flexibility index (Phi) is 3.91. The summed E-state index contributed by atoms with van der Waals surface area (Å²) in [5.74, 6) is 0.308. The molecular weight excluding hydrogens is 262 g/mol. The van der Waals surface area contributed by atoms with Gasteiger partial charge in [0.1, 0.15) is 10.6 Å². The van der Waals surface area contributed by atoms with Gasteiger partial charge >= 0.3 is 0 Å². The zero-order valence-electron chi connectivity index (χ0n) is 10.5. The molecule has 0 radical (unpaired) electrons. The summed E-state index contributed by atoms with van der Waals surface area (Å²) < 4.78 is 5.27. The highest BCUT2D eigenvalue weighted by atomic mass is 32.1. The van der Waals surface area contributed by atoms with Gasteiger partial charge in [0.05, 0.1) is 17.8 Å². The van der Waals surface area contributed by atoms with Crippen LogP contribution in [0.2, 0.25) is 0 Å². The van der Waals surface area contributed by atoms with Gasteiger partial charge in [-0.2, -0.15) is 0 Å². The van der Waals surface area contributed by atoms with Crippen LogP contribution in [-0.4, -0.2) is 13.0 Å². The lowest BCUT2D eigenvalue weighted by Crippen LogP contribution is -2.10. The molecule has 0 aliphatic heterocycles. The number of methoxy groups -OCH3 is 1.